The highest BCUT2D eigenvalue weighted by molar-refractivity contribution is 7.13. The summed E-state index contributed by atoms with van der Waals surface area (Å²) in [6.45, 7) is 4.45. The van der Waals surface area contributed by atoms with Crippen molar-refractivity contribution in [3.63, 3.8) is 0 Å². The Morgan fingerprint density at radius 2 is 2.11 bits per heavy atom. The van der Waals surface area contributed by atoms with Gasteiger partial charge in [0.1, 0.15) is 23.8 Å². The standard InChI is InChI=1S/C21H23N3O2S/c1-25-17-6-4-16(5-7-17)12-23-9-8-21(14-23)15-24-18(19-3-2-10-27-19)11-22-20(24)13-26-21/h2-7,10-11H,8-9,12-15H2,1H3/t21-/m0/s1. The summed E-state index contributed by atoms with van der Waals surface area (Å²) in [6, 6.07) is 12.6. The number of ether oxygens (including phenoxy) is 2. The number of thiophene rings is 1. The summed E-state index contributed by atoms with van der Waals surface area (Å²) >= 11 is 1.77. The Morgan fingerprint density at radius 3 is 2.89 bits per heavy atom. The summed E-state index contributed by atoms with van der Waals surface area (Å²) in [5.74, 6) is 1.94. The van der Waals surface area contributed by atoms with Crippen molar-refractivity contribution in [2.75, 3.05) is 20.2 Å². The fraction of sp³-hybridized carbons (Fsp3) is 0.381. The fourth-order valence-corrected chi connectivity index (χ4v) is 4.92. The van der Waals surface area contributed by atoms with Crippen molar-refractivity contribution in [2.24, 2.45) is 0 Å². The Balaban J connectivity index is 1.31. The van der Waals surface area contributed by atoms with E-state index >= 15 is 0 Å². The Bertz CT molecular complexity index is 920. The van der Waals surface area contributed by atoms with E-state index in [-0.39, 0.29) is 5.60 Å². The Morgan fingerprint density at radius 1 is 1.22 bits per heavy atom. The third-order valence-corrected chi connectivity index (χ3v) is 6.52. The van der Waals surface area contributed by atoms with Crippen molar-refractivity contribution in [1.29, 1.82) is 0 Å². The van der Waals surface area contributed by atoms with E-state index in [0.717, 1.165) is 44.2 Å². The van der Waals surface area contributed by atoms with Gasteiger partial charge < -0.3 is 14.0 Å². The molecule has 4 heterocycles. The van der Waals surface area contributed by atoms with Crippen molar-refractivity contribution in [1.82, 2.24) is 14.5 Å². The summed E-state index contributed by atoms with van der Waals surface area (Å²) in [5, 5.41) is 2.12. The van der Waals surface area contributed by atoms with Crippen LogP contribution in [0.2, 0.25) is 0 Å². The van der Waals surface area contributed by atoms with E-state index < -0.39 is 0 Å². The first-order valence-corrected chi connectivity index (χ1v) is 10.2. The van der Waals surface area contributed by atoms with Crippen molar-refractivity contribution in [3.05, 3.63) is 59.4 Å². The summed E-state index contributed by atoms with van der Waals surface area (Å²) in [5.41, 5.74) is 2.43. The third-order valence-electron chi connectivity index (χ3n) is 5.63. The topological polar surface area (TPSA) is 39.5 Å². The summed E-state index contributed by atoms with van der Waals surface area (Å²) in [6.07, 6.45) is 3.05. The number of rotatable bonds is 4. The Labute approximate surface area is 163 Å². The van der Waals surface area contributed by atoms with E-state index in [1.54, 1.807) is 18.4 Å². The van der Waals surface area contributed by atoms with Crippen molar-refractivity contribution < 1.29 is 9.47 Å². The first kappa shape index (κ1) is 17.0. The molecule has 27 heavy (non-hydrogen) atoms. The molecule has 3 aromatic rings. The van der Waals surface area contributed by atoms with Gasteiger partial charge in [0.25, 0.3) is 0 Å². The quantitative estimate of drug-likeness (QED) is 0.689. The fourth-order valence-electron chi connectivity index (χ4n) is 4.18. The lowest BCUT2D eigenvalue weighted by atomic mass is 10.0. The van der Waals surface area contributed by atoms with E-state index in [4.69, 9.17) is 9.47 Å². The molecule has 5 rings (SSSR count). The van der Waals surface area contributed by atoms with Crippen molar-refractivity contribution in [2.45, 2.75) is 31.7 Å². The number of likely N-dealkylation sites (tertiary alicyclic amines) is 1. The van der Waals surface area contributed by atoms with E-state index in [9.17, 15) is 0 Å². The highest BCUT2D eigenvalue weighted by Gasteiger charge is 2.43. The van der Waals surface area contributed by atoms with Gasteiger partial charge in [-0.1, -0.05) is 18.2 Å². The van der Waals surface area contributed by atoms with Crippen LogP contribution in [0.1, 0.15) is 17.8 Å². The molecule has 5 nitrogen and oxygen atoms in total. The lowest BCUT2D eigenvalue weighted by Crippen LogP contribution is -2.44. The molecule has 0 saturated carbocycles. The molecule has 2 aliphatic heterocycles. The predicted octanol–water partition coefficient (Wildman–Crippen LogP) is 3.80. The number of nitrogens with zero attached hydrogens (tertiary/aromatic N) is 3. The maximum Gasteiger partial charge on any atom is 0.135 e. The second-order valence-corrected chi connectivity index (χ2v) is 8.35. The molecular formula is C21H23N3O2S. The maximum atomic E-state index is 6.35. The number of imidazole rings is 1. The van der Waals surface area contributed by atoms with Gasteiger partial charge in [-0.2, -0.15) is 0 Å². The normalized spacial score (nSPS) is 22.3. The number of hydrogen-bond acceptors (Lipinski definition) is 5. The number of fused-ring (bicyclic) bond motifs is 1. The van der Waals surface area contributed by atoms with E-state index in [2.05, 4.69) is 44.1 Å². The molecular weight excluding hydrogens is 358 g/mol. The van der Waals surface area contributed by atoms with Gasteiger partial charge in [0.2, 0.25) is 0 Å². The third kappa shape index (κ3) is 3.18. The van der Waals surface area contributed by atoms with Crippen LogP contribution in [-0.2, 0) is 24.4 Å². The van der Waals surface area contributed by atoms with E-state index in [1.165, 1.54) is 16.1 Å². The van der Waals surface area contributed by atoms with Crippen LogP contribution in [0.3, 0.4) is 0 Å². The summed E-state index contributed by atoms with van der Waals surface area (Å²) in [4.78, 5) is 8.36. The van der Waals surface area contributed by atoms with Crippen LogP contribution >= 0.6 is 11.3 Å². The number of hydrogen-bond donors (Lipinski definition) is 0. The predicted molar refractivity (Wildman–Crippen MR) is 106 cm³/mol. The average molecular weight is 382 g/mol. The highest BCUT2D eigenvalue weighted by atomic mass is 32.1. The number of aromatic nitrogens is 2. The summed E-state index contributed by atoms with van der Waals surface area (Å²) < 4.78 is 14.0. The van der Waals surface area contributed by atoms with Crippen LogP contribution in [0.4, 0.5) is 0 Å². The molecule has 1 atom stereocenters. The molecule has 1 saturated heterocycles. The minimum atomic E-state index is -0.105. The van der Waals surface area contributed by atoms with Gasteiger partial charge in [-0.15, -0.1) is 11.3 Å². The van der Waals surface area contributed by atoms with Crippen LogP contribution < -0.4 is 4.74 Å². The van der Waals surface area contributed by atoms with Crippen molar-refractivity contribution >= 4 is 11.3 Å². The molecule has 2 aromatic heterocycles. The van der Waals surface area contributed by atoms with E-state index in [0.29, 0.717) is 6.61 Å². The SMILES string of the molecule is COc1ccc(CN2CC[C@]3(C2)Cn2c(-c4cccs4)cnc2CO3)cc1. The van der Waals surface area contributed by atoms with Crippen molar-refractivity contribution in [3.8, 4) is 16.3 Å². The Kier molecular flexibility index (Phi) is 4.27. The molecule has 0 amide bonds. The Hall–Kier alpha value is -2.15. The first-order chi connectivity index (χ1) is 13.2. The number of methoxy groups -OCH3 is 1. The zero-order valence-electron chi connectivity index (χ0n) is 15.4. The van der Waals surface area contributed by atoms with Crippen LogP contribution in [0.15, 0.2) is 48.0 Å². The largest absolute Gasteiger partial charge is 0.497 e. The van der Waals surface area contributed by atoms with E-state index in [1.807, 2.05) is 18.3 Å². The van der Waals surface area contributed by atoms with Crippen LogP contribution in [0, 0.1) is 0 Å². The summed E-state index contributed by atoms with van der Waals surface area (Å²) in [7, 11) is 1.70. The van der Waals surface area contributed by atoms with Gasteiger partial charge in [-0.05, 0) is 35.6 Å². The lowest BCUT2D eigenvalue weighted by Gasteiger charge is -2.35. The van der Waals surface area contributed by atoms with Crippen LogP contribution in [0.25, 0.3) is 10.6 Å². The molecule has 2 aliphatic rings. The molecule has 0 bridgehead atoms. The minimum Gasteiger partial charge on any atom is -0.497 e. The minimum absolute atomic E-state index is 0.105. The molecule has 0 unspecified atom stereocenters. The maximum absolute atomic E-state index is 6.35. The lowest BCUT2D eigenvalue weighted by molar-refractivity contribution is -0.0821. The molecule has 6 heteroatoms. The highest BCUT2D eigenvalue weighted by Crippen LogP contribution is 2.36. The zero-order chi connectivity index (χ0) is 18.3. The zero-order valence-corrected chi connectivity index (χ0v) is 16.2. The van der Waals surface area contributed by atoms with Gasteiger partial charge >= 0.3 is 0 Å². The monoisotopic (exact) mass is 381 g/mol. The molecule has 0 N–H and O–H groups in total. The molecule has 1 aromatic carbocycles. The molecule has 140 valence electrons. The van der Waals surface area contributed by atoms with Gasteiger partial charge in [-0.3, -0.25) is 4.90 Å². The van der Waals surface area contributed by atoms with Crippen LogP contribution in [-0.4, -0.2) is 40.3 Å². The average Bonchev–Trinajstić information content (AvgIpc) is 3.43. The van der Waals surface area contributed by atoms with Gasteiger partial charge in [0, 0.05) is 19.6 Å². The second-order valence-electron chi connectivity index (χ2n) is 7.40. The van der Waals surface area contributed by atoms with Gasteiger partial charge in [0.15, 0.2) is 0 Å². The number of benzene rings is 1. The first-order valence-electron chi connectivity index (χ1n) is 9.32. The molecule has 0 radical (unpaired) electrons. The molecule has 1 spiro atoms. The molecule has 1 fully saturated rings. The van der Waals surface area contributed by atoms with Gasteiger partial charge in [0.05, 0.1) is 30.4 Å². The second kappa shape index (κ2) is 6.78. The smallest absolute Gasteiger partial charge is 0.135 e. The van der Waals surface area contributed by atoms with Crippen LogP contribution in [0.5, 0.6) is 5.75 Å². The van der Waals surface area contributed by atoms with Gasteiger partial charge in [-0.25, -0.2) is 4.98 Å². The molecule has 0 aliphatic carbocycles.